The summed E-state index contributed by atoms with van der Waals surface area (Å²) in [6.45, 7) is 0.789. The summed E-state index contributed by atoms with van der Waals surface area (Å²) in [5, 5.41) is 0. The number of carbonyl (C=O) groups excluding carboxylic acids is 2. The molecule has 1 aliphatic heterocycles. The summed E-state index contributed by atoms with van der Waals surface area (Å²) in [6, 6.07) is 0. The lowest BCUT2D eigenvalue weighted by atomic mass is 9.67. The maximum Gasteiger partial charge on any atom is 0.222 e. The van der Waals surface area contributed by atoms with E-state index in [4.69, 9.17) is 0 Å². The molecule has 11 heavy (non-hydrogen) atoms. The van der Waals surface area contributed by atoms with Crippen molar-refractivity contribution in [2.24, 2.45) is 5.41 Å². The zero-order valence-corrected chi connectivity index (χ0v) is 6.59. The van der Waals surface area contributed by atoms with Crippen LogP contribution in [0.4, 0.5) is 0 Å². The summed E-state index contributed by atoms with van der Waals surface area (Å²) in [7, 11) is 1.81. The van der Waals surface area contributed by atoms with Crippen molar-refractivity contribution in [3.63, 3.8) is 0 Å². The molecule has 0 radical (unpaired) electrons. The van der Waals surface area contributed by atoms with Crippen molar-refractivity contribution in [3.8, 4) is 0 Å². The van der Waals surface area contributed by atoms with Gasteiger partial charge in [0.1, 0.15) is 5.78 Å². The molecule has 60 valence electrons. The maximum atomic E-state index is 11.1. The van der Waals surface area contributed by atoms with Crippen LogP contribution in [0, 0.1) is 5.41 Å². The Morgan fingerprint density at radius 1 is 1.27 bits per heavy atom. The van der Waals surface area contributed by atoms with Crippen molar-refractivity contribution >= 4 is 11.7 Å². The van der Waals surface area contributed by atoms with Crippen LogP contribution < -0.4 is 0 Å². The molecule has 1 saturated carbocycles. The van der Waals surface area contributed by atoms with Gasteiger partial charge in [-0.05, 0) is 0 Å². The molecule has 1 spiro atoms. The SMILES string of the molecule is CN1CC2(CC(=O)C2)CC1=O. The molecule has 0 atom stereocenters. The van der Waals surface area contributed by atoms with E-state index in [-0.39, 0.29) is 11.3 Å². The van der Waals surface area contributed by atoms with Crippen LogP contribution in [0.3, 0.4) is 0 Å². The van der Waals surface area contributed by atoms with Crippen LogP contribution in [-0.4, -0.2) is 30.2 Å². The summed E-state index contributed by atoms with van der Waals surface area (Å²) in [6.07, 6.45) is 1.85. The number of ketones is 1. The van der Waals surface area contributed by atoms with Gasteiger partial charge in [0.25, 0.3) is 0 Å². The molecular formula is C8H11NO2. The van der Waals surface area contributed by atoms with Crippen LogP contribution in [-0.2, 0) is 9.59 Å². The molecule has 1 amide bonds. The third-order valence-corrected chi connectivity index (χ3v) is 2.67. The monoisotopic (exact) mass is 153 g/mol. The molecule has 3 nitrogen and oxygen atoms in total. The van der Waals surface area contributed by atoms with Gasteiger partial charge in [-0.3, -0.25) is 9.59 Å². The summed E-state index contributed by atoms with van der Waals surface area (Å²) in [5.41, 5.74) is 0.0584. The van der Waals surface area contributed by atoms with E-state index < -0.39 is 0 Å². The largest absolute Gasteiger partial charge is 0.345 e. The molecule has 1 heterocycles. The molecule has 0 aromatic carbocycles. The van der Waals surface area contributed by atoms with E-state index >= 15 is 0 Å². The zero-order valence-electron chi connectivity index (χ0n) is 6.59. The first-order chi connectivity index (χ1) is 5.11. The van der Waals surface area contributed by atoms with E-state index in [1.54, 1.807) is 11.9 Å². The van der Waals surface area contributed by atoms with Crippen LogP contribution in [0.2, 0.25) is 0 Å². The Hall–Kier alpha value is -0.860. The van der Waals surface area contributed by atoms with Crippen LogP contribution in [0.15, 0.2) is 0 Å². The second-order valence-corrected chi connectivity index (χ2v) is 3.82. The van der Waals surface area contributed by atoms with Gasteiger partial charge in [-0.25, -0.2) is 0 Å². The molecule has 0 bridgehead atoms. The minimum Gasteiger partial charge on any atom is -0.345 e. The molecule has 1 aliphatic carbocycles. The van der Waals surface area contributed by atoms with Crippen molar-refractivity contribution < 1.29 is 9.59 Å². The Balaban J connectivity index is 2.10. The van der Waals surface area contributed by atoms with Gasteiger partial charge < -0.3 is 4.90 Å². The van der Waals surface area contributed by atoms with Gasteiger partial charge in [-0.2, -0.15) is 0 Å². The number of hydrogen-bond donors (Lipinski definition) is 0. The van der Waals surface area contributed by atoms with E-state index in [2.05, 4.69) is 0 Å². The summed E-state index contributed by atoms with van der Waals surface area (Å²) in [5.74, 6) is 0.505. The highest BCUT2D eigenvalue weighted by molar-refractivity contribution is 5.91. The normalized spacial score (nSPS) is 27.9. The molecule has 3 heteroatoms. The Labute approximate surface area is 65.4 Å². The Kier molecular flexibility index (Phi) is 1.14. The van der Waals surface area contributed by atoms with Crippen molar-refractivity contribution in [1.82, 2.24) is 4.90 Å². The Morgan fingerprint density at radius 2 is 1.91 bits per heavy atom. The fraction of sp³-hybridized carbons (Fsp3) is 0.750. The van der Waals surface area contributed by atoms with E-state index in [1.807, 2.05) is 0 Å². The van der Waals surface area contributed by atoms with Crippen LogP contribution in [0.1, 0.15) is 19.3 Å². The topological polar surface area (TPSA) is 37.4 Å². The van der Waals surface area contributed by atoms with Gasteiger partial charge in [-0.15, -0.1) is 0 Å². The lowest BCUT2D eigenvalue weighted by Gasteiger charge is -2.35. The van der Waals surface area contributed by atoms with Gasteiger partial charge >= 0.3 is 0 Å². The minimum absolute atomic E-state index is 0.0584. The molecule has 0 unspecified atom stereocenters. The van der Waals surface area contributed by atoms with E-state index in [0.717, 1.165) is 6.54 Å². The number of amides is 1. The second kappa shape index (κ2) is 1.84. The number of rotatable bonds is 0. The van der Waals surface area contributed by atoms with Gasteiger partial charge in [0.05, 0.1) is 0 Å². The predicted molar refractivity (Wildman–Crippen MR) is 38.9 cm³/mol. The lowest BCUT2D eigenvalue weighted by molar-refractivity contribution is -0.132. The third kappa shape index (κ3) is 0.870. The molecule has 2 rings (SSSR count). The highest BCUT2D eigenvalue weighted by Crippen LogP contribution is 2.45. The highest BCUT2D eigenvalue weighted by Gasteiger charge is 2.50. The van der Waals surface area contributed by atoms with E-state index in [1.165, 1.54) is 0 Å². The van der Waals surface area contributed by atoms with Gasteiger partial charge in [0.2, 0.25) is 5.91 Å². The minimum atomic E-state index is 0.0584. The van der Waals surface area contributed by atoms with Crippen LogP contribution in [0.5, 0.6) is 0 Å². The zero-order chi connectivity index (χ0) is 8.06. The first-order valence-electron chi connectivity index (χ1n) is 3.87. The fourth-order valence-electron chi connectivity index (χ4n) is 2.12. The second-order valence-electron chi connectivity index (χ2n) is 3.82. The molecule has 2 aliphatic rings. The van der Waals surface area contributed by atoms with Crippen molar-refractivity contribution in [2.45, 2.75) is 19.3 Å². The highest BCUT2D eigenvalue weighted by atomic mass is 16.2. The first kappa shape index (κ1) is 6.83. The maximum absolute atomic E-state index is 11.1. The molecule has 0 aromatic rings. The molecular weight excluding hydrogens is 142 g/mol. The number of Topliss-reactive ketones (excluding diaryl/α,β-unsaturated/α-hetero) is 1. The van der Waals surface area contributed by atoms with Crippen molar-refractivity contribution in [1.29, 1.82) is 0 Å². The average molecular weight is 153 g/mol. The predicted octanol–water partition coefficient (Wildman–Crippen LogP) is 0.198. The number of carbonyl (C=O) groups is 2. The third-order valence-electron chi connectivity index (χ3n) is 2.67. The van der Waals surface area contributed by atoms with Crippen molar-refractivity contribution in [3.05, 3.63) is 0 Å². The smallest absolute Gasteiger partial charge is 0.222 e. The van der Waals surface area contributed by atoms with Gasteiger partial charge in [0.15, 0.2) is 0 Å². The van der Waals surface area contributed by atoms with Crippen molar-refractivity contribution in [2.75, 3.05) is 13.6 Å². The molecule has 2 fully saturated rings. The van der Waals surface area contributed by atoms with Crippen LogP contribution >= 0.6 is 0 Å². The number of hydrogen-bond acceptors (Lipinski definition) is 2. The summed E-state index contributed by atoms with van der Waals surface area (Å²) < 4.78 is 0. The Bertz CT molecular complexity index is 226. The summed E-state index contributed by atoms with van der Waals surface area (Å²) >= 11 is 0. The standard InChI is InChI=1S/C8H11NO2/c1-9-5-8(4-7(9)11)2-6(10)3-8/h2-5H2,1H3. The van der Waals surface area contributed by atoms with Crippen LogP contribution in [0.25, 0.3) is 0 Å². The van der Waals surface area contributed by atoms with Gasteiger partial charge in [0, 0.05) is 38.3 Å². The van der Waals surface area contributed by atoms with Gasteiger partial charge in [-0.1, -0.05) is 0 Å². The van der Waals surface area contributed by atoms with E-state index in [9.17, 15) is 9.59 Å². The van der Waals surface area contributed by atoms with E-state index in [0.29, 0.717) is 25.0 Å². The quantitative estimate of drug-likeness (QED) is 0.498. The molecule has 0 N–H and O–H groups in total. The number of nitrogens with zero attached hydrogens (tertiary/aromatic N) is 1. The number of likely N-dealkylation sites (tertiary alicyclic amines) is 1. The summed E-state index contributed by atoms with van der Waals surface area (Å²) in [4.78, 5) is 23.6. The molecule has 1 saturated heterocycles. The fourth-order valence-corrected chi connectivity index (χ4v) is 2.12. The lowest BCUT2D eigenvalue weighted by Crippen LogP contribution is -2.39. The average Bonchev–Trinajstić information content (AvgIpc) is 2.07. The Morgan fingerprint density at radius 3 is 2.27 bits per heavy atom. The molecule has 0 aromatic heterocycles. The first-order valence-corrected chi connectivity index (χ1v) is 3.87.